The average molecular weight is 267 g/mol. The van der Waals surface area contributed by atoms with Crippen LogP contribution in [0.5, 0.6) is 0 Å². The van der Waals surface area contributed by atoms with Crippen molar-refractivity contribution in [3.05, 3.63) is 41.7 Å². The second kappa shape index (κ2) is 4.40. The summed E-state index contributed by atoms with van der Waals surface area (Å²) < 4.78 is 39.3. The van der Waals surface area contributed by atoms with Gasteiger partial charge in [-0.25, -0.2) is 13.2 Å². The van der Waals surface area contributed by atoms with Crippen LogP contribution in [0.4, 0.5) is 18.9 Å². The minimum absolute atomic E-state index is 0.179. The van der Waals surface area contributed by atoms with Crippen LogP contribution in [-0.2, 0) is 4.79 Å². The number of carbonyl (C=O) groups excluding carboxylic acids is 1. The van der Waals surface area contributed by atoms with Gasteiger partial charge in [0.2, 0.25) is 5.91 Å². The SMILES string of the molecule is O=C(Nc1ccc(F)c(F)c1F)C1CC2C=CC1C2. The molecule has 1 aromatic rings. The Morgan fingerprint density at radius 2 is 1.89 bits per heavy atom. The molecule has 1 fully saturated rings. The van der Waals surface area contributed by atoms with E-state index in [1.807, 2.05) is 6.08 Å². The van der Waals surface area contributed by atoms with Crippen LogP contribution in [0, 0.1) is 35.2 Å². The first-order chi connectivity index (χ1) is 9.06. The summed E-state index contributed by atoms with van der Waals surface area (Å²) in [5, 5.41) is 2.35. The third-order valence-corrected chi connectivity index (χ3v) is 3.91. The molecule has 2 nitrogen and oxygen atoms in total. The van der Waals surface area contributed by atoms with E-state index in [9.17, 15) is 18.0 Å². The molecule has 1 saturated carbocycles. The molecular formula is C14H12F3NO. The van der Waals surface area contributed by atoms with Gasteiger partial charge in [-0.1, -0.05) is 12.2 Å². The number of allylic oxidation sites excluding steroid dienone is 2. The van der Waals surface area contributed by atoms with Crippen LogP contribution in [0.15, 0.2) is 24.3 Å². The van der Waals surface area contributed by atoms with Crippen LogP contribution in [0.2, 0.25) is 0 Å². The number of hydrogen-bond donors (Lipinski definition) is 1. The van der Waals surface area contributed by atoms with E-state index in [0.29, 0.717) is 5.92 Å². The Balaban J connectivity index is 1.77. The van der Waals surface area contributed by atoms with E-state index in [0.717, 1.165) is 25.0 Å². The van der Waals surface area contributed by atoms with E-state index >= 15 is 0 Å². The Bertz CT molecular complexity index is 570. The summed E-state index contributed by atoms with van der Waals surface area (Å²) in [5.41, 5.74) is -0.310. The van der Waals surface area contributed by atoms with Gasteiger partial charge < -0.3 is 5.32 Å². The Morgan fingerprint density at radius 1 is 1.11 bits per heavy atom. The molecule has 0 spiro atoms. The summed E-state index contributed by atoms with van der Waals surface area (Å²) in [4.78, 5) is 12.0. The molecule has 1 amide bonds. The molecule has 5 heteroatoms. The van der Waals surface area contributed by atoms with Crippen LogP contribution < -0.4 is 5.32 Å². The number of fused-ring (bicyclic) bond motifs is 2. The van der Waals surface area contributed by atoms with E-state index in [1.54, 1.807) is 0 Å². The molecule has 1 aromatic carbocycles. The van der Waals surface area contributed by atoms with E-state index in [-0.39, 0.29) is 23.4 Å². The predicted octanol–water partition coefficient (Wildman–Crippen LogP) is 3.25. The zero-order valence-corrected chi connectivity index (χ0v) is 10.00. The van der Waals surface area contributed by atoms with Crippen molar-refractivity contribution in [1.29, 1.82) is 0 Å². The molecule has 0 aliphatic heterocycles. The van der Waals surface area contributed by atoms with Crippen LogP contribution in [-0.4, -0.2) is 5.91 Å². The van der Waals surface area contributed by atoms with Gasteiger partial charge in [0.25, 0.3) is 0 Å². The summed E-state index contributed by atoms with van der Waals surface area (Å²) in [6, 6.07) is 1.84. The van der Waals surface area contributed by atoms with Gasteiger partial charge in [0.1, 0.15) is 0 Å². The first-order valence-electron chi connectivity index (χ1n) is 6.19. The third-order valence-electron chi connectivity index (χ3n) is 3.91. The fourth-order valence-electron chi connectivity index (χ4n) is 2.93. The fourth-order valence-corrected chi connectivity index (χ4v) is 2.93. The number of benzene rings is 1. The number of rotatable bonds is 2. The molecule has 19 heavy (non-hydrogen) atoms. The smallest absolute Gasteiger partial charge is 0.228 e. The maximum absolute atomic E-state index is 13.5. The Labute approximate surface area is 108 Å². The topological polar surface area (TPSA) is 29.1 Å². The summed E-state index contributed by atoms with van der Waals surface area (Å²) in [6.07, 6.45) is 5.77. The lowest BCUT2D eigenvalue weighted by Gasteiger charge is -2.17. The molecule has 2 aliphatic carbocycles. The number of carbonyl (C=O) groups is 1. The Hall–Kier alpha value is -1.78. The van der Waals surface area contributed by atoms with Crippen LogP contribution in [0.25, 0.3) is 0 Å². The Kier molecular flexibility index (Phi) is 2.84. The molecule has 3 rings (SSSR count). The van der Waals surface area contributed by atoms with Gasteiger partial charge in [-0.3, -0.25) is 4.79 Å². The van der Waals surface area contributed by atoms with Crippen molar-refractivity contribution < 1.29 is 18.0 Å². The van der Waals surface area contributed by atoms with Gasteiger partial charge in [-0.2, -0.15) is 0 Å². The molecule has 0 heterocycles. The zero-order chi connectivity index (χ0) is 13.6. The molecular weight excluding hydrogens is 255 g/mol. The zero-order valence-electron chi connectivity index (χ0n) is 10.00. The summed E-state index contributed by atoms with van der Waals surface area (Å²) in [6.45, 7) is 0. The van der Waals surface area contributed by atoms with Gasteiger partial charge in [0.15, 0.2) is 17.5 Å². The molecule has 0 radical (unpaired) electrons. The maximum atomic E-state index is 13.5. The van der Waals surface area contributed by atoms with Crippen molar-refractivity contribution in [2.45, 2.75) is 12.8 Å². The van der Waals surface area contributed by atoms with Gasteiger partial charge in [-0.15, -0.1) is 0 Å². The van der Waals surface area contributed by atoms with Gasteiger partial charge in [0, 0.05) is 5.92 Å². The third kappa shape index (κ3) is 2.03. The number of anilines is 1. The van der Waals surface area contributed by atoms with Crippen LogP contribution in [0.1, 0.15) is 12.8 Å². The maximum Gasteiger partial charge on any atom is 0.228 e. The predicted molar refractivity (Wildman–Crippen MR) is 63.8 cm³/mol. The summed E-state index contributed by atoms with van der Waals surface area (Å²) in [7, 11) is 0. The Morgan fingerprint density at radius 3 is 2.53 bits per heavy atom. The molecule has 0 saturated heterocycles. The van der Waals surface area contributed by atoms with Gasteiger partial charge in [-0.05, 0) is 36.8 Å². The number of halogens is 3. The largest absolute Gasteiger partial charge is 0.323 e. The minimum atomic E-state index is -1.56. The van der Waals surface area contributed by atoms with Crippen molar-refractivity contribution in [2.75, 3.05) is 5.32 Å². The van der Waals surface area contributed by atoms with Crippen molar-refractivity contribution in [3.8, 4) is 0 Å². The average Bonchev–Trinajstić information content (AvgIpc) is 3.02. The second-order valence-electron chi connectivity index (χ2n) is 5.10. The first kappa shape index (κ1) is 12.3. The molecule has 3 unspecified atom stereocenters. The van der Waals surface area contributed by atoms with Crippen molar-refractivity contribution >= 4 is 11.6 Å². The van der Waals surface area contributed by atoms with Gasteiger partial charge in [0.05, 0.1) is 5.69 Å². The molecule has 0 aromatic heterocycles. The van der Waals surface area contributed by atoms with Crippen LogP contribution in [0.3, 0.4) is 0 Å². The van der Waals surface area contributed by atoms with Crippen molar-refractivity contribution in [1.82, 2.24) is 0 Å². The number of hydrogen-bond acceptors (Lipinski definition) is 1. The molecule has 3 atom stereocenters. The second-order valence-corrected chi connectivity index (χ2v) is 5.10. The summed E-state index contributed by atoms with van der Waals surface area (Å²) >= 11 is 0. The highest BCUT2D eigenvalue weighted by Crippen LogP contribution is 2.43. The van der Waals surface area contributed by atoms with E-state index in [2.05, 4.69) is 11.4 Å². The van der Waals surface area contributed by atoms with E-state index < -0.39 is 17.5 Å². The fraction of sp³-hybridized carbons (Fsp3) is 0.357. The van der Waals surface area contributed by atoms with Crippen molar-refractivity contribution in [3.63, 3.8) is 0 Å². The highest BCUT2D eigenvalue weighted by molar-refractivity contribution is 5.93. The highest BCUT2D eigenvalue weighted by atomic mass is 19.2. The summed E-state index contributed by atoms with van der Waals surface area (Å²) in [5.74, 6) is -4.13. The van der Waals surface area contributed by atoms with Gasteiger partial charge >= 0.3 is 0 Å². The monoisotopic (exact) mass is 267 g/mol. The van der Waals surface area contributed by atoms with Crippen molar-refractivity contribution in [2.24, 2.45) is 17.8 Å². The molecule has 100 valence electrons. The molecule has 1 N–H and O–H groups in total. The molecule has 2 aliphatic rings. The minimum Gasteiger partial charge on any atom is -0.323 e. The van der Waals surface area contributed by atoms with E-state index in [1.165, 1.54) is 0 Å². The quantitative estimate of drug-likeness (QED) is 0.646. The lowest BCUT2D eigenvalue weighted by Crippen LogP contribution is -2.26. The van der Waals surface area contributed by atoms with Crippen LogP contribution >= 0.6 is 0 Å². The lowest BCUT2D eigenvalue weighted by molar-refractivity contribution is -0.120. The molecule has 2 bridgehead atoms. The number of nitrogens with one attached hydrogen (secondary N) is 1. The highest BCUT2D eigenvalue weighted by Gasteiger charge is 2.40. The normalized spacial score (nSPS) is 27.8. The van der Waals surface area contributed by atoms with E-state index in [4.69, 9.17) is 0 Å². The lowest BCUT2D eigenvalue weighted by atomic mass is 9.93. The first-order valence-corrected chi connectivity index (χ1v) is 6.19. The number of amides is 1. The standard InChI is InChI=1S/C14H12F3NO/c15-10-3-4-11(13(17)12(10)16)18-14(19)9-6-7-1-2-8(9)5-7/h1-4,7-9H,5-6H2,(H,18,19).